The highest BCUT2D eigenvalue weighted by Gasteiger charge is 2.26. The summed E-state index contributed by atoms with van der Waals surface area (Å²) in [4.78, 5) is 10.4. The van der Waals surface area contributed by atoms with E-state index in [9.17, 15) is 0 Å². The number of nitrogens with two attached hydrogens (primary N) is 1. The summed E-state index contributed by atoms with van der Waals surface area (Å²) in [6, 6.07) is 0.298. The first-order valence-electron chi connectivity index (χ1n) is 6.30. The minimum atomic E-state index is 0.185. The molecule has 1 atom stereocenters. The third kappa shape index (κ3) is 2.48. The highest BCUT2D eigenvalue weighted by molar-refractivity contribution is 5.63. The van der Waals surface area contributed by atoms with E-state index in [-0.39, 0.29) is 6.61 Å². The fraction of sp³-hybridized carbons (Fsp3) is 0.667. The Kier molecular flexibility index (Phi) is 4.19. The van der Waals surface area contributed by atoms with Crippen LogP contribution in [0.1, 0.15) is 25.7 Å². The minimum absolute atomic E-state index is 0.185. The summed E-state index contributed by atoms with van der Waals surface area (Å²) >= 11 is 0. The van der Waals surface area contributed by atoms with Gasteiger partial charge in [0.1, 0.15) is 6.33 Å². The first-order valence-corrected chi connectivity index (χ1v) is 6.30. The summed E-state index contributed by atoms with van der Waals surface area (Å²) in [6.45, 7) is 1.10. The molecule has 6 nitrogen and oxygen atoms in total. The van der Waals surface area contributed by atoms with E-state index in [1.54, 1.807) is 7.11 Å². The molecule has 1 aromatic heterocycles. The van der Waals surface area contributed by atoms with Crippen LogP contribution in [0.3, 0.4) is 0 Å². The van der Waals surface area contributed by atoms with Crippen LogP contribution < -0.4 is 15.4 Å². The van der Waals surface area contributed by atoms with Gasteiger partial charge in [-0.15, -0.1) is 0 Å². The van der Waals surface area contributed by atoms with Crippen molar-refractivity contribution in [1.29, 1.82) is 0 Å². The van der Waals surface area contributed by atoms with Gasteiger partial charge in [-0.05, 0) is 25.7 Å². The van der Waals surface area contributed by atoms with Gasteiger partial charge < -0.3 is 20.5 Å². The molecule has 0 aliphatic carbocycles. The number of hydrogen-bond donors (Lipinski definition) is 2. The average molecular weight is 252 g/mol. The van der Waals surface area contributed by atoms with Gasteiger partial charge in [0.15, 0.2) is 11.6 Å². The van der Waals surface area contributed by atoms with Crippen LogP contribution >= 0.6 is 0 Å². The second kappa shape index (κ2) is 5.86. The van der Waals surface area contributed by atoms with Crippen LogP contribution in [0.4, 0.5) is 11.6 Å². The van der Waals surface area contributed by atoms with Crippen LogP contribution in [0.25, 0.3) is 0 Å². The summed E-state index contributed by atoms with van der Waals surface area (Å²) in [5.41, 5.74) is 5.81. The number of rotatable bonds is 4. The van der Waals surface area contributed by atoms with Gasteiger partial charge >= 0.3 is 0 Å². The number of aliphatic hydroxyl groups is 1. The lowest BCUT2D eigenvalue weighted by Gasteiger charge is -2.37. The molecule has 0 spiro atoms. The van der Waals surface area contributed by atoms with Crippen molar-refractivity contribution < 1.29 is 9.84 Å². The number of ether oxygens (including phenoxy) is 1. The molecule has 0 aromatic carbocycles. The summed E-state index contributed by atoms with van der Waals surface area (Å²) in [5.74, 6) is 1.63. The van der Waals surface area contributed by atoms with E-state index < -0.39 is 0 Å². The monoisotopic (exact) mass is 252 g/mol. The zero-order chi connectivity index (χ0) is 13.0. The van der Waals surface area contributed by atoms with Crippen LogP contribution in [0.5, 0.6) is 5.75 Å². The van der Waals surface area contributed by atoms with Crippen molar-refractivity contribution in [2.75, 3.05) is 30.9 Å². The van der Waals surface area contributed by atoms with E-state index in [0.717, 1.165) is 31.6 Å². The van der Waals surface area contributed by atoms with Crippen molar-refractivity contribution in [1.82, 2.24) is 9.97 Å². The first kappa shape index (κ1) is 12.9. The smallest absolute Gasteiger partial charge is 0.204 e. The molecule has 0 saturated carbocycles. The third-order valence-corrected chi connectivity index (χ3v) is 3.38. The van der Waals surface area contributed by atoms with Crippen molar-refractivity contribution in [2.24, 2.45) is 0 Å². The number of piperidine rings is 1. The van der Waals surface area contributed by atoms with E-state index in [2.05, 4.69) is 14.9 Å². The van der Waals surface area contributed by atoms with Crippen molar-refractivity contribution in [3.63, 3.8) is 0 Å². The van der Waals surface area contributed by atoms with E-state index in [1.807, 2.05) is 0 Å². The molecule has 1 unspecified atom stereocenters. The molecule has 0 radical (unpaired) electrons. The number of aliphatic hydroxyl groups excluding tert-OH is 1. The van der Waals surface area contributed by atoms with E-state index in [4.69, 9.17) is 15.6 Å². The maximum Gasteiger partial charge on any atom is 0.204 e. The van der Waals surface area contributed by atoms with Crippen molar-refractivity contribution >= 4 is 11.6 Å². The van der Waals surface area contributed by atoms with Gasteiger partial charge in [0.25, 0.3) is 0 Å². The Labute approximate surface area is 107 Å². The lowest BCUT2D eigenvalue weighted by Crippen LogP contribution is -2.41. The normalized spacial score (nSPS) is 19.9. The molecule has 0 amide bonds. The van der Waals surface area contributed by atoms with Crippen LogP contribution in [0, 0.1) is 0 Å². The van der Waals surface area contributed by atoms with Gasteiger partial charge in [0, 0.05) is 19.2 Å². The number of nitrogen functional groups attached to an aromatic ring is 1. The van der Waals surface area contributed by atoms with Gasteiger partial charge in [-0.3, -0.25) is 0 Å². The highest BCUT2D eigenvalue weighted by Crippen LogP contribution is 2.34. The number of anilines is 2. The lowest BCUT2D eigenvalue weighted by atomic mass is 9.99. The van der Waals surface area contributed by atoms with E-state index >= 15 is 0 Å². The molecule has 1 aliphatic heterocycles. The predicted octanol–water partition coefficient (Wildman–Crippen LogP) is 0.809. The maximum atomic E-state index is 9.15. The summed E-state index contributed by atoms with van der Waals surface area (Å²) in [7, 11) is 1.57. The maximum absolute atomic E-state index is 9.15. The molecule has 6 heteroatoms. The summed E-state index contributed by atoms with van der Waals surface area (Å²) < 4.78 is 5.30. The van der Waals surface area contributed by atoms with E-state index in [0.29, 0.717) is 17.6 Å². The fourth-order valence-electron chi connectivity index (χ4n) is 2.51. The molecular formula is C12H20N4O2. The molecule has 1 aromatic rings. The first-order chi connectivity index (χ1) is 8.77. The Balaban J connectivity index is 2.30. The molecule has 1 aliphatic rings. The van der Waals surface area contributed by atoms with Crippen molar-refractivity contribution in [2.45, 2.75) is 31.7 Å². The molecular weight excluding hydrogens is 232 g/mol. The zero-order valence-corrected chi connectivity index (χ0v) is 10.7. The number of methoxy groups -OCH3 is 1. The van der Waals surface area contributed by atoms with Crippen LogP contribution in [-0.4, -0.2) is 41.4 Å². The Morgan fingerprint density at radius 1 is 1.50 bits per heavy atom. The number of aromatic nitrogens is 2. The van der Waals surface area contributed by atoms with Gasteiger partial charge in [0.05, 0.1) is 7.11 Å². The third-order valence-electron chi connectivity index (χ3n) is 3.38. The Hall–Kier alpha value is -1.56. The SMILES string of the molecule is COc1c(N)ncnc1N1CCCCC1CCO. The predicted molar refractivity (Wildman–Crippen MR) is 69.7 cm³/mol. The fourth-order valence-corrected chi connectivity index (χ4v) is 2.51. The topological polar surface area (TPSA) is 84.5 Å². The second-order valence-corrected chi connectivity index (χ2v) is 4.47. The van der Waals surface area contributed by atoms with Crippen molar-refractivity contribution in [3.8, 4) is 5.75 Å². The van der Waals surface area contributed by atoms with Gasteiger partial charge in [0.2, 0.25) is 5.75 Å². The Morgan fingerprint density at radius 2 is 2.33 bits per heavy atom. The summed E-state index contributed by atoms with van der Waals surface area (Å²) in [5, 5.41) is 9.15. The molecule has 18 heavy (non-hydrogen) atoms. The standard InChI is InChI=1S/C12H20N4O2/c1-18-10-11(13)14-8-15-12(10)16-6-3-2-4-9(16)5-7-17/h8-9,17H,2-7H2,1H3,(H2,13,14,15). The molecule has 1 fully saturated rings. The van der Waals surface area contributed by atoms with Crippen LogP contribution in [0.2, 0.25) is 0 Å². The highest BCUT2D eigenvalue weighted by atomic mass is 16.5. The molecule has 0 bridgehead atoms. The van der Waals surface area contributed by atoms with Crippen LogP contribution in [0.15, 0.2) is 6.33 Å². The van der Waals surface area contributed by atoms with E-state index in [1.165, 1.54) is 12.7 Å². The second-order valence-electron chi connectivity index (χ2n) is 4.47. The molecule has 3 N–H and O–H groups in total. The Bertz CT molecular complexity index is 398. The average Bonchev–Trinajstić information content (AvgIpc) is 2.39. The molecule has 1 saturated heterocycles. The molecule has 100 valence electrons. The summed E-state index contributed by atoms with van der Waals surface area (Å²) in [6.07, 6.45) is 5.57. The van der Waals surface area contributed by atoms with Crippen LogP contribution in [-0.2, 0) is 0 Å². The zero-order valence-electron chi connectivity index (χ0n) is 10.7. The largest absolute Gasteiger partial charge is 0.490 e. The molecule has 2 rings (SSSR count). The van der Waals surface area contributed by atoms with Gasteiger partial charge in [-0.2, -0.15) is 0 Å². The number of nitrogens with zero attached hydrogens (tertiary/aromatic N) is 3. The molecule has 2 heterocycles. The van der Waals surface area contributed by atoms with Gasteiger partial charge in [-0.25, -0.2) is 9.97 Å². The minimum Gasteiger partial charge on any atom is -0.490 e. The quantitative estimate of drug-likeness (QED) is 0.825. The number of hydrogen-bond acceptors (Lipinski definition) is 6. The van der Waals surface area contributed by atoms with Gasteiger partial charge in [-0.1, -0.05) is 0 Å². The Morgan fingerprint density at radius 3 is 3.06 bits per heavy atom. The van der Waals surface area contributed by atoms with Crippen molar-refractivity contribution in [3.05, 3.63) is 6.33 Å². The lowest BCUT2D eigenvalue weighted by molar-refractivity contribution is 0.261.